The Morgan fingerprint density at radius 1 is 1.09 bits per heavy atom. The molecule has 3 aromatic rings. The minimum Gasteiger partial charge on any atom is -0.326 e. The number of anilines is 1. The molecule has 0 radical (unpaired) electrons. The van der Waals surface area contributed by atoms with E-state index in [0.29, 0.717) is 24.5 Å². The Hall–Kier alpha value is -2.59. The number of likely N-dealkylation sites (N-methyl/N-ethyl adjacent to an activating group) is 1. The average Bonchev–Trinajstić information content (AvgIpc) is 3.28. The highest BCUT2D eigenvalue weighted by Crippen LogP contribution is 2.25. The molecule has 2 heterocycles. The Morgan fingerprint density at radius 2 is 1.82 bits per heavy atom. The van der Waals surface area contributed by atoms with Gasteiger partial charge in [0.15, 0.2) is 0 Å². The quantitative estimate of drug-likeness (QED) is 0.554. The fourth-order valence-corrected chi connectivity index (χ4v) is 6.05. The molecule has 0 bridgehead atoms. The molecule has 1 fully saturated rings. The number of thiazole rings is 1. The smallest absolute Gasteiger partial charge is 0.243 e. The highest BCUT2D eigenvalue weighted by Gasteiger charge is 2.28. The first kappa shape index (κ1) is 23.6. The Labute approximate surface area is 199 Å². The van der Waals surface area contributed by atoms with E-state index in [0.717, 1.165) is 30.2 Å². The van der Waals surface area contributed by atoms with Crippen molar-refractivity contribution < 1.29 is 13.2 Å². The third kappa shape index (κ3) is 5.67. The van der Waals surface area contributed by atoms with Gasteiger partial charge in [0.2, 0.25) is 15.9 Å². The summed E-state index contributed by atoms with van der Waals surface area (Å²) in [5.41, 5.74) is 3.35. The Morgan fingerprint density at radius 3 is 2.52 bits per heavy atom. The summed E-state index contributed by atoms with van der Waals surface area (Å²) in [4.78, 5) is 19.6. The molecule has 7 nitrogen and oxygen atoms in total. The number of carbonyl (C=O) groups is 1. The summed E-state index contributed by atoms with van der Waals surface area (Å²) >= 11 is 1.50. The van der Waals surface area contributed by atoms with Crippen LogP contribution >= 0.6 is 11.3 Å². The highest BCUT2D eigenvalue weighted by atomic mass is 32.2. The van der Waals surface area contributed by atoms with Crippen LogP contribution < -0.4 is 5.32 Å². The Balaban J connectivity index is 1.40. The van der Waals surface area contributed by atoms with Gasteiger partial charge in [-0.3, -0.25) is 4.79 Å². The van der Waals surface area contributed by atoms with Gasteiger partial charge < -0.3 is 10.2 Å². The van der Waals surface area contributed by atoms with E-state index < -0.39 is 10.0 Å². The maximum absolute atomic E-state index is 13.1. The first-order chi connectivity index (χ1) is 15.8. The molecule has 1 amide bonds. The van der Waals surface area contributed by atoms with Crippen LogP contribution in [0.5, 0.6) is 0 Å². The minimum absolute atomic E-state index is 0.123. The van der Waals surface area contributed by atoms with Crippen molar-refractivity contribution in [3.63, 3.8) is 0 Å². The van der Waals surface area contributed by atoms with Crippen molar-refractivity contribution in [2.75, 3.05) is 38.0 Å². The number of piperazine rings is 1. The lowest BCUT2D eigenvalue weighted by Crippen LogP contribution is -2.48. The van der Waals surface area contributed by atoms with Gasteiger partial charge >= 0.3 is 0 Å². The first-order valence-corrected chi connectivity index (χ1v) is 13.3. The molecule has 1 N–H and O–H groups in total. The van der Waals surface area contributed by atoms with Crippen molar-refractivity contribution in [1.29, 1.82) is 0 Å². The number of hydrogen-bond donors (Lipinski definition) is 1. The fraction of sp³-hybridized carbons (Fsp3) is 0.333. The zero-order chi connectivity index (χ0) is 23.4. The molecule has 0 atom stereocenters. The van der Waals surface area contributed by atoms with Gasteiger partial charge in [0, 0.05) is 42.8 Å². The van der Waals surface area contributed by atoms with Gasteiger partial charge in [-0.2, -0.15) is 4.31 Å². The summed E-state index contributed by atoms with van der Waals surface area (Å²) in [5, 5.41) is 5.56. The van der Waals surface area contributed by atoms with Crippen LogP contribution in [0.4, 0.5) is 5.69 Å². The molecule has 33 heavy (non-hydrogen) atoms. The lowest BCUT2D eigenvalue weighted by atomic mass is 10.2. The maximum Gasteiger partial charge on any atom is 0.243 e. The second-order valence-electron chi connectivity index (χ2n) is 8.10. The van der Waals surface area contributed by atoms with Gasteiger partial charge in [-0.1, -0.05) is 42.8 Å². The van der Waals surface area contributed by atoms with Crippen molar-refractivity contribution in [1.82, 2.24) is 14.2 Å². The van der Waals surface area contributed by atoms with Gasteiger partial charge in [-0.05, 0) is 31.7 Å². The van der Waals surface area contributed by atoms with E-state index in [9.17, 15) is 13.2 Å². The number of nitrogens with zero attached hydrogens (tertiary/aromatic N) is 3. The molecule has 0 spiro atoms. The van der Waals surface area contributed by atoms with Crippen LogP contribution in [0.15, 0.2) is 58.8 Å². The lowest BCUT2D eigenvalue weighted by molar-refractivity contribution is -0.115. The number of benzene rings is 2. The van der Waals surface area contributed by atoms with Gasteiger partial charge in [-0.25, -0.2) is 13.4 Å². The molecule has 0 aliphatic carbocycles. The van der Waals surface area contributed by atoms with E-state index in [1.165, 1.54) is 27.3 Å². The van der Waals surface area contributed by atoms with Crippen molar-refractivity contribution in [2.45, 2.75) is 25.2 Å². The summed E-state index contributed by atoms with van der Waals surface area (Å²) in [6.45, 7) is 7.43. The summed E-state index contributed by atoms with van der Waals surface area (Å²) in [7, 11) is -3.60. The van der Waals surface area contributed by atoms with Crippen LogP contribution in [-0.4, -0.2) is 61.2 Å². The molecule has 0 unspecified atom stereocenters. The topological polar surface area (TPSA) is 82.6 Å². The van der Waals surface area contributed by atoms with E-state index in [1.54, 1.807) is 18.2 Å². The van der Waals surface area contributed by atoms with Crippen LogP contribution in [0, 0.1) is 6.92 Å². The number of hydrogen-bond acceptors (Lipinski definition) is 6. The number of amides is 1. The lowest BCUT2D eigenvalue weighted by Gasteiger charge is -2.33. The molecule has 0 saturated carbocycles. The molecule has 174 valence electrons. The predicted octanol–water partition coefficient (Wildman–Crippen LogP) is 3.63. The molecule has 2 aromatic carbocycles. The van der Waals surface area contributed by atoms with Gasteiger partial charge in [-0.15, -0.1) is 11.3 Å². The standard InChI is InChI=1S/C24H28N4O3S2/c1-3-27-11-13-28(14-12-27)33(30,31)22-6-4-5-20(15-22)25-23(29)16-21-17-32-24(26-21)19-9-7-18(2)8-10-19/h4-10,15,17H,3,11-14,16H2,1-2H3,(H,25,29). The molecular formula is C24H28N4O3S2. The zero-order valence-corrected chi connectivity index (χ0v) is 20.5. The van der Waals surface area contributed by atoms with Gasteiger partial charge in [0.05, 0.1) is 17.0 Å². The number of aromatic nitrogens is 1. The zero-order valence-electron chi connectivity index (χ0n) is 18.8. The van der Waals surface area contributed by atoms with Crippen molar-refractivity contribution in [2.24, 2.45) is 0 Å². The number of sulfonamides is 1. The largest absolute Gasteiger partial charge is 0.326 e. The van der Waals surface area contributed by atoms with Crippen LogP contribution in [0.2, 0.25) is 0 Å². The highest BCUT2D eigenvalue weighted by molar-refractivity contribution is 7.89. The number of carbonyl (C=O) groups excluding carboxylic acids is 1. The van der Waals surface area contributed by atoms with E-state index in [1.807, 2.05) is 36.6 Å². The third-order valence-corrected chi connectivity index (χ3v) is 8.56. The fourth-order valence-electron chi connectivity index (χ4n) is 3.76. The summed E-state index contributed by atoms with van der Waals surface area (Å²) < 4.78 is 27.6. The number of aryl methyl sites for hydroxylation is 1. The molecule has 9 heteroatoms. The van der Waals surface area contributed by atoms with Crippen molar-refractivity contribution in [3.8, 4) is 10.6 Å². The normalized spacial score (nSPS) is 15.5. The number of nitrogens with one attached hydrogen (secondary N) is 1. The summed E-state index contributed by atoms with van der Waals surface area (Å²) in [6, 6.07) is 14.6. The van der Waals surface area contributed by atoms with Gasteiger partial charge in [0.1, 0.15) is 5.01 Å². The van der Waals surface area contributed by atoms with Crippen LogP contribution in [0.3, 0.4) is 0 Å². The Kier molecular flexibility index (Phi) is 7.23. The van der Waals surface area contributed by atoms with Crippen molar-refractivity contribution >= 4 is 33.0 Å². The van der Waals surface area contributed by atoms with E-state index in [-0.39, 0.29) is 17.2 Å². The Bertz CT molecular complexity index is 1210. The number of rotatable bonds is 7. The summed E-state index contributed by atoms with van der Waals surface area (Å²) in [5.74, 6) is -0.234. The monoisotopic (exact) mass is 484 g/mol. The minimum atomic E-state index is -3.60. The molecular weight excluding hydrogens is 456 g/mol. The molecule has 1 aliphatic rings. The molecule has 1 saturated heterocycles. The first-order valence-electron chi connectivity index (χ1n) is 11.0. The second-order valence-corrected chi connectivity index (χ2v) is 10.9. The molecule has 1 aliphatic heterocycles. The molecule has 1 aromatic heterocycles. The van der Waals surface area contributed by atoms with Gasteiger partial charge in [0.25, 0.3) is 0 Å². The van der Waals surface area contributed by atoms with Crippen molar-refractivity contribution in [3.05, 3.63) is 65.2 Å². The summed E-state index contributed by atoms with van der Waals surface area (Å²) in [6.07, 6.45) is 0.123. The van der Waals surface area contributed by atoms with E-state index in [2.05, 4.69) is 22.1 Å². The maximum atomic E-state index is 13.1. The van der Waals surface area contributed by atoms with Crippen LogP contribution in [0.1, 0.15) is 18.2 Å². The SMILES string of the molecule is CCN1CCN(S(=O)(=O)c2cccc(NC(=O)Cc3csc(-c4ccc(C)cc4)n3)c2)CC1. The second kappa shape index (κ2) is 10.1. The van der Waals surface area contributed by atoms with E-state index >= 15 is 0 Å². The predicted molar refractivity (Wildman–Crippen MR) is 132 cm³/mol. The van der Waals surface area contributed by atoms with E-state index in [4.69, 9.17) is 0 Å². The third-order valence-electron chi connectivity index (χ3n) is 5.73. The average molecular weight is 485 g/mol. The van der Waals surface area contributed by atoms with Crippen LogP contribution in [-0.2, 0) is 21.2 Å². The van der Waals surface area contributed by atoms with Crippen LogP contribution in [0.25, 0.3) is 10.6 Å². The molecule has 4 rings (SSSR count).